The third-order valence-corrected chi connectivity index (χ3v) is 1.52. The van der Waals surface area contributed by atoms with Gasteiger partial charge in [-0.1, -0.05) is 6.58 Å². The third kappa shape index (κ3) is 10.4. The summed E-state index contributed by atoms with van der Waals surface area (Å²) in [5.74, 6) is -2.85. The van der Waals surface area contributed by atoms with Gasteiger partial charge in [0.25, 0.3) is 0 Å². The fourth-order valence-corrected chi connectivity index (χ4v) is 0.599. The first-order valence-electron chi connectivity index (χ1n) is 4.91. The van der Waals surface area contributed by atoms with Crippen molar-refractivity contribution < 1.29 is 34.1 Å². The monoisotopic (exact) mass is 258 g/mol. The second kappa shape index (κ2) is 8.02. The van der Waals surface area contributed by atoms with E-state index >= 15 is 0 Å². The number of aliphatic carboxylic acids is 2. The molecule has 0 aromatic carbocycles. The summed E-state index contributed by atoms with van der Waals surface area (Å²) in [6.45, 7) is 6.14. The smallest absolute Gasteiger partial charge is 0.333 e. The van der Waals surface area contributed by atoms with Crippen LogP contribution in [0.4, 0.5) is 0 Å². The summed E-state index contributed by atoms with van der Waals surface area (Å²) in [5.41, 5.74) is 0.431. The van der Waals surface area contributed by atoms with Crippen molar-refractivity contribution >= 4 is 17.9 Å². The summed E-state index contributed by atoms with van der Waals surface area (Å²) >= 11 is 0. The summed E-state index contributed by atoms with van der Waals surface area (Å²) in [4.78, 5) is 29.8. The molecule has 7 nitrogen and oxygen atoms in total. The molecule has 100 valence electrons. The van der Waals surface area contributed by atoms with Crippen molar-refractivity contribution in [2.45, 2.75) is 13.0 Å². The van der Waals surface area contributed by atoms with E-state index in [2.05, 4.69) is 6.58 Å². The maximum absolute atomic E-state index is 10.7. The second-order valence-corrected chi connectivity index (χ2v) is 3.34. The zero-order chi connectivity index (χ0) is 14.1. The number of carbonyl (C=O) groups excluding carboxylic acids is 1. The number of carboxylic acids is 2. The molecule has 0 spiro atoms. The predicted octanol–water partition coefficient (Wildman–Crippen LogP) is 0.216. The molecule has 0 amide bonds. The molecule has 0 aromatic heterocycles. The van der Waals surface area contributed by atoms with Crippen LogP contribution in [0.5, 0.6) is 0 Å². The molecule has 1 atom stereocenters. The van der Waals surface area contributed by atoms with Crippen molar-refractivity contribution in [2.75, 3.05) is 13.2 Å². The number of carbonyl (C=O) groups is 3. The Morgan fingerprint density at radius 2 is 1.78 bits per heavy atom. The Labute approximate surface area is 103 Å². The lowest BCUT2D eigenvalue weighted by molar-refractivity contribution is -0.139. The lowest BCUT2D eigenvalue weighted by Crippen LogP contribution is -2.09. The molecule has 0 aliphatic carbocycles. The Hall–Kier alpha value is -2.15. The molecule has 1 fully saturated rings. The number of epoxide rings is 1. The van der Waals surface area contributed by atoms with E-state index in [1.807, 2.05) is 0 Å². The molecular weight excluding hydrogens is 244 g/mol. The van der Waals surface area contributed by atoms with E-state index in [-0.39, 0.29) is 12.1 Å². The van der Waals surface area contributed by atoms with E-state index in [4.69, 9.17) is 19.7 Å². The molecule has 0 bridgehead atoms. The minimum absolute atomic E-state index is 0.142. The van der Waals surface area contributed by atoms with Crippen LogP contribution >= 0.6 is 0 Å². The summed E-state index contributed by atoms with van der Waals surface area (Å²) in [7, 11) is 0. The Balaban J connectivity index is 0.000000331. The van der Waals surface area contributed by atoms with Crippen molar-refractivity contribution in [1.29, 1.82) is 0 Å². The van der Waals surface area contributed by atoms with Crippen LogP contribution in [-0.2, 0) is 23.9 Å². The first-order valence-corrected chi connectivity index (χ1v) is 4.91. The number of carboxylic acid groups (broad SMARTS) is 2. The number of esters is 1. The third-order valence-electron chi connectivity index (χ3n) is 1.52. The van der Waals surface area contributed by atoms with E-state index in [0.717, 1.165) is 0 Å². The first-order chi connectivity index (χ1) is 8.32. The fourth-order valence-electron chi connectivity index (χ4n) is 0.599. The Morgan fingerprint density at radius 1 is 1.33 bits per heavy atom. The Morgan fingerprint density at radius 3 is 2.06 bits per heavy atom. The number of hydrogen-bond donors (Lipinski definition) is 2. The van der Waals surface area contributed by atoms with Crippen LogP contribution in [0, 0.1) is 0 Å². The van der Waals surface area contributed by atoms with Gasteiger partial charge in [-0.15, -0.1) is 0 Å². The molecule has 1 aliphatic heterocycles. The van der Waals surface area contributed by atoms with E-state index in [1.165, 1.54) is 0 Å². The molecule has 1 heterocycles. The molecule has 7 heteroatoms. The van der Waals surface area contributed by atoms with Crippen molar-refractivity contribution in [3.63, 3.8) is 0 Å². The largest absolute Gasteiger partial charge is 0.478 e. The van der Waals surface area contributed by atoms with Gasteiger partial charge >= 0.3 is 17.9 Å². The van der Waals surface area contributed by atoms with Crippen molar-refractivity contribution in [1.82, 2.24) is 0 Å². The van der Waals surface area contributed by atoms with Gasteiger partial charge in [0.15, 0.2) is 0 Å². The molecule has 0 radical (unpaired) electrons. The predicted molar refractivity (Wildman–Crippen MR) is 59.9 cm³/mol. The molecule has 1 rings (SSSR count). The molecule has 1 aliphatic rings. The van der Waals surface area contributed by atoms with Crippen molar-refractivity contribution in [2.24, 2.45) is 0 Å². The lowest BCUT2D eigenvalue weighted by atomic mass is 10.4. The average molecular weight is 258 g/mol. The molecule has 0 aromatic rings. The summed E-state index contributed by atoms with van der Waals surface area (Å²) in [6, 6.07) is 0. The first kappa shape index (κ1) is 15.9. The number of ether oxygens (including phenoxy) is 2. The van der Waals surface area contributed by atoms with Crippen LogP contribution < -0.4 is 0 Å². The van der Waals surface area contributed by atoms with Gasteiger partial charge in [-0.25, -0.2) is 14.4 Å². The van der Waals surface area contributed by atoms with Gasteiger partial charge in [-0.3, -0.25) is 0 Å². The molecule has 1 saturated heterocycles. The van der Waals surface area contributed by atoms with Gasteiger partial charge in [0.05, 0.1) is 6.61 Å². The van der Waals surface area contributed by atoms with E-state index in [9.17, 15) is 14.4 Å². The molecular formula is C11H14O7. The molecule has 2 N–H and O–H groups in total. The Kier molecular flexibility index (Phi) is 7.06. The van der Waals surface area contributed by atoms with Gasteiger partial charge in [0.2, 0.25) is 0 Å². The van der Waals surface area contributed by atoms with Crippen LogP contribution in [0.1, 0.15) is 6.92 Å². The van der Waals surface area contributed by atoms with E-state index < -0.39 is 11.9 Å². The lowest BCUT2D eigenvalue weighted by Gasteiger charge is -1.99. The van der Waals surface area contributed by atoms with Crippen LogP contribution in [0.15, 0.2) is 24.3 Å². The van der Waals surface area contributed by atoms with Gasteiger partial charge in [0, 0.05) is 17.7 Å². The summed E-state index contributed by atoms with van der Waals surface area (Å²) in [6.07, 6.45) is 1.26. The zero-order valence-corrected chi connectivity index (χ0v) is 9.79. The number of hydrogen-bond acceptors (Lipinski definition) is 5. The fraction of sp³-hybridized carbons (Fsp3) is 0.364. The highest BCUT2D eigenvalue weighted by molar-refractivity contribution is 5.89. The summed E-state index contributed by atoms with van der Waals surface area (Å²) < 4.78 is 9.60. The average Bonchev–Trinajstić information content (AvgIpc) is 3.07. The summed E-state index contributed by atoms with van der Waals surface area (Å²) in [5, 5.41) is 15.6. The highest BCUT2D eigenvalue weighted by Crippen LogP contribution is 2.09. The van der Waals surface area contributed by atoms with Gasteiger partial charge in [0.1, 0.15) is 12.7 Å². The number of rotatable bonds is 5. The zero-order valence-electron chi connectivity index (χ0n) is 9.79. The van der Waals surface area contributed by atoms with Gasteiger partial charge < -0.3 is 19.7 Å². The van der Waals surface area contributed by atoms with Crippen LogP contribution in [0.3, 0.4) is 0 Å². The van der Waals surface area contributed by atoms with Crippen molar-refractivity contribution in [3.05, 3.63) is 24.3 Å². The van der Waals surface area contributed by atoms with Crippen molar-refractivity contribution in [3.8, 4) is 0 Å². The van der Waals surface area contributed by atoms with E-state index in [0.29, 0.717) is 30.9 Å². The van der Waals surface area contributed by atoms with Crippen LogP contribution in [-0.4, -0.2) is 47.4 Å². The maximum atomic E-state index is 10.7. The van der Waals surface area contributed by atoms with Crippen LogP contribution in [0.2, 0.25) is 0 Å². The Bertz CT molecular complexity index is 350. The SMILES string of the molecule is C=C(C)C(=O)OCC1CO1.O=C(O)/C=C\C(=O)O. The highest BCUT2D eigenvalue weighted by Gasteiger charge is 2.24. The molecule has 0 saturated carbocycles. The van der Waals surface area contributed by atoms with Gasteiger partial charge in [-0.2, -0.15) is 0 Å². The van der Waals surface area contributed by atoms with Gasteiger partial charge in [-0.05, 0) is 6.92 Å². The standard InChI is InChI=1S/C7H10O3.C4H4O4/c1-5(2)7(8)10-4-6-3-9-6;5-3(6)1-2-4(7)8/h6H,1,3-4H2,2H3;1-2H,(H,5,6)(H,7,8)/b;2-1-. The molecule has 1 unspecified atom stereocenters. The van der Waals surface area contributed by atoms with E-state index in [1.54, 1.807) is 6.92 Å². The highest BCUT2D eigenvalue weighted by atomic mass is 16.6. The minimum atomic E-state index is -1.26. The quantitative estimate of drug-likeness (QED) is 0.411. The maximum Gasteiger partial charge on any atom is 0.333 e. The topological polar surface area (TPSA) is 113 Å². The molecule has 18 heavy (non-hydrogen) atoms. The second-order valence-electron chi connectivity index (χ2n) is 3.34. The van der Waals surface area contributed by atoms with Crippen LogP contribution in [0.25, 0.3) is 0 Å². The minimum Gasteiger partial charge on any atom is -0.478 e. The normalized spacial score (nSPS) is 16.4.